The van der Waals surface area contributed by atoms with E-state index >= 15 is 0 Å². The summed E-state index contributed by atoms with van der Waals surface area (Å²) in [6.07, 6.45) is 1.22. The van der Waals surface area contributed by atoms with Crippen LogP contribution in [0.2, 0.25) is 0 Å². The molecule has 0 radical (unpaired) electrons. The van der Waals surface area contributed by atoms with Gasteiger partial charge in [-0.05, 0) is 40.2 Å². The van der Waals surface area contributed by atoms with E-state index in [4.69, 9.17) is 0 Å². The third kappa shape index (κ3) is 1.96. The maximum absolute atomic E-state index is 3.99. The third-order valence-electron chi connectivity index (χ3n) is 2.78. The molecule has 0 unspecified atom stereocenters. The molecule has 0 atom stereocenters. The third-order valence-corrected chi connectivity index (χ3v) is 2.78. The first-order valence-corrected chi connectivity index (χ1v) is 4.97. The van der Waals surface area contributed by atoms with Crippen molar-refractivity contribution in [3.05, 3.63) is 23.4 Å². The van der Waals surface area contributed by atoms with E-state index in [1.807, 2.05) is 0 Å². The first-order valence-electron chi connectivity index (χ1n) is 4.97. The normalized spacial score (nSPS) is 21.2. The van der Waals surface area contributed by atoms with Crippen LogP contribution >= 0.6 is 0 Å². The van der Waals surface area contributed by atoms with Gasteiger partial charge in [0.15, 0.2) is 0 Å². The van der Waals surface area contributed by atoms with Crippen LogP contribution in [-0.4, -0.2) is 17.0 Å². The lowest BCUT2D eigenvalue weighted by Crippen LogP contribution is -2.48. The van der Waals surface area contributed by atoms with Gasteiger partial charge in [-0.25, -0.2) is 0 Å². The summed E-state index contributed by atoms with van der Waals surface area (Å²) in [7, 11) is 0. The Balaban J connectivity index is 2.86. The minimum absolute atomic E-state index is 0.268. The molecule has 0 aromatic rings. The zero-order valence-corrected chi connectivity index (χ0v) is 9.57. The molecule has 0 N–H and O–H groups in total. The second-order valence-electron chi connectivity index (χ2n) is 4.92. The van der Waals surface area contributed by atoms with E-state index in [2.05, 4.69) is 46.1 Å². The van der Waals surface area contributed by atoms with Gasteiger partial charge in [0.05, 0.1) is 0 Å². The number of rotatable bonds is 1. The molecule has 1 rings (SSSR count). The maximum atomic E-state index is 3.99. The zero-order valence-electron chi connectivity index (χ0n) is 9.57. The van der Waals surface area contributed by atoms with Crippen LogP contribution in [0.5, 0.6) is 0 Å². The van der Waals surface area contributed by atoms with Gasteiger partial charge in [-0.1, -0.05) is 12.2 Å². The van der Waals surface area contributed by atoms with Crippen LogP contribution in [0.25, 0.3) is 0 Å². The summed E-state index contributed by atoms with van der Waals surface area (Å²) in [5.74, 6) is 0. The van der Waals surface area contributed by atoms with Crippen molar-refractivity contribution in [3.63, 3.8) is 0 Å². The predicted molar refractivity (Wildman–Crippen MR) is 58.6 cm³/mol. The Morgan fingerprint density at radius 3 is 2.08 bits per heavy atom. The topological polar surface area (TPSA) is 3.24 Å². The molecule has 1 heterocycles. The van der Waals surface area contributed by atoms with Gasteiger partial charge in [-0.15, -0.1) is 0 Å². The van der Waals surface area contributed by atoms with Gasteiger partial charge >= 0.3 is 0 Å². The molecule has 1 heteroatoms. The SMILES string of the molecule is C=C(C)/C(C)=C1/CCN1C(C)(C)C. The number of hydrogen-bond donors (Lipinski definition) is 0. The molecule has 1 nitrogen and oxygen atoms in total. The van der Waals surface area contributed by atoms with E-state index in [0.29, 0.717) is 0 Å². The molecule has 74 valence electrons. The lowest BCUT2D eigenvalue weighted by atomic mass is 9.93. The van der Waals surface area contributed by atoms with Gasteiger partial charge < -0.3 is 4.90 Å². The molecule has 13 heavy (non-hydrogen) atoms. The van der Waals surface area contributed by atoms with Gasteiger partial charge in [0.2, 0.25) is 0 Å². The van der Waals surface area contributed by atoms with Crippen molar-refractivity contribution in [3.8, 4) is 0 Å². The van der Waals surface area contributed by atoms with Crippen molar-refractivity contribution in [1.82, 2.24) is 4.90 Å². The molecule has 0 amide bonds. The average molecular weight is 179 g/mol. The first kappa shape index (κ1) is 10.4. The summed E-state index contributed by atoms with van der Waals surface area (Å²) in [6, 6.07) is 0. The molecular weight excluding hydrogens is 158 g/mol. The summed E-state index contributed by atoms with van der Waals surface area (Å²) in [5, 5.41) is 0. The average Bonchev–Trinajstić information content (AvgIpc) is 1.79. The summed E-state index contributed by atoms with van der Waals surface area (Å²) in [6.45, 7) is 16.2. The number of allylic oxidation sites excluding steroid dienone is 2. The van der Waals surface area contributed by atoms with Crippen LogP contribution in [0.4, 0.5) is 0 Å². The van der Waals surface area contributed by atoms with Gasteiger partial charge in [0, 0.05) is 24.2 Å². The molecule has 0 aromatic carbocycles. The largest absolute Gasteiger partial charge is 0.369 e. The number of hydrogen-bond acceptors (Lipinski definition) is 1. The van der Waals surface area contributed by atoms with E-state index in [-0.39, 0.29) is 5.54 Å². The minimum atomic E-state index is 0.268. The van der Waals surface area contributed by atoms with Crippen molar-refractivity contribution in [2.75, 3.05) is 6.54 Å². The molecule has 1 aliphatic rings. The van der Waals surface area contributed by atoms with Crippen LogP contribution in [0.3, 0.4) is 0 Å². The highest BCUT2D eigenvalue weighted by molar-refractivity contribution is 5.33. The van der Waals surface area contributed by atoms with Crippen LogP contribution < -0.4 is 0 Å². The highest BCUT2D eigenvalue weighted by Crippen LogP contribution is 2.34. The molecule has 1 fully saturated rings. The van der Waals surface area contributed by atoms with Crippen molar-refractivity contribution in [2.45, 2.75) is 46.6 Å². The van der Waals surface area contributed by atoms with Crippen molar-refractivity contribution < 1.29 is 0 Å². The maximum Gasteiger partial charge on any atom is 0.0315 e. The second-order valence-corrected chi connectivity index (χ2v) is 4.92. The van der Waals surface area contributed by atoms with Gasteiger partial charge in [-0.3, -0.25) is 0 Å². The van der Waals surface area contributed by atoms with Gasteiger partial charge in [-0.2, -0.15) is 0 Å². The quantitative estimate of drug-likeness (QED) is 0.596. The summed E-state index contributed by atoms with van der Waals surface area (Å²) >= 11 is 0. The Hall–Kier alpha value is -0.720. The lowest BCUT2D eigenvalue weighted by Gasteiger charge is -2.48. The highest BCUT2D eigenvalue weighted by atomic mass is 15.2. The molecule has 0 aromatic heterocycles. The summed E-state index contributed by atoms with van der Waals surface area (Å²) in [5.41, 5.74) is 4.33. The van der Waals surface area contributed by atoms with Crippen molar-refractivity contribution in [2.24, 2.45) is 0 Å². The number of nitrogens with zero attached hydrogens (tertiary/aromatic N) is 1. The Kier molecular flexibility index (Phi) is 2.56. The monoisotopic (exact) mass is 179 g/mol. The predicted octanol–water partition coefficient (Wildman–Crippen LogP) is 3.34. The Bertz CT molecular complexity index is 253. The molecule has 1 saturated heterocycles. The van der Waals surface area contributed by atoms with E-state index in [1.54, 1.807) is 0 Å². The fraction of sp³-hybridized carbons (Fsp3) is 0.667. The molecule has 0 saturated carbocycles. The van der Waals surface area contributed by atoms with E-state index in [1.165, 1.54) is 29.8 Å². The van der Waals surface area contributed by atoms with Crippen LogP contribution in [0.1, 0.15) is 41.0 Å². The molecular formula is C12H21N. The molecule has 0 aliphatic carbocycles. The second kappa shape index (κ2) is 3.21. The first-order chi connectivity index (χ1) is 5.84. The van der Waals surface area contributed by atoms with Crippen molar-refractivity contribution >= 4 is 0 Å². The fourth-order valence-electron chi connectivity index (χ4n) is 1.71. The Morgan fingerprint density at radius 2 is 1.85 bits per heavy atom. The summed E-state index contributed by atoms with van der Waals surface area (Å²) in [4.78, 5) is 2.47. The fourth-order valence-corrected chi connectivity index (χ4v) is 1.71. The summed E-state index contributed by atoms with van der Waals surface area (Å²) < 4.78 is 0. The van der Waals surface area contributed by atoms with Gasteiger partial charge in [0.1, 0.15) is 0 Å². The Labute approximate surface area is 82.1 Å². The minimum Gasteiger partial charge on any atom is -0.369 e. The van der Waals surface area contributed by atoms with Crippen molar-refractivity contribution in [1.29, 1.82) is 0 Å². The molecule has 0 spiro atoms. The van der Waals surface area contributed by atoms with E-state index < -0.39 is 0 Å². The van der Waals surface area contributed by atoms with Gasteiger partial charge in [0.25, 0.3) is 0 Å². The van der Waals surface area contributed by atoms with E-state index in [9.17, 15) is 0 Å². The smallest absolute Gasteiger partial charge is 0.0315 e. The Morgan fingerprint density at radius 1 is 1.31 bits per heavy atom. The number of likely N-dealkylation sites (tertiary alicyclic amines) is 1. The van der Waals surface area contributed by atoms with Crippen LogP contribution in [0.15, 0.2) is 23.4 Å². The highest BCUT2D eigenvalue weighted by Gasteiger charge is 2.31. The molecule has 1 aliphatic heterocycles. The lowest BCUT2D eigenvalue weighted by molar-refractivity contribution is 0.123. The molecule has 0 bridgehead atoms. The van der Waals surface area contributed by atoms with Crippen LogP contribution in [0, 0.1) is 0 Å². The zero-order chi connectivity index (χ0) is 10.2. The van der Waals surface area contributed by atoms with E-state index in [0.717, 1.165) is 0 Å². The van der Waals surface area contributed by atoms with Crippen LogP contribution in [-0.2, 0) is 0 Å². The standard InChI is InChI=1S/C12H21N/c1-9(2)10(3)11-7-8-13(11)12(4,5)6/h1,7-8H2,2-6H3/b11-10-.